The lowest BCUT2D eigenvalue weighted by molar-refractivity contribution is -0.415. The number of ether oxygens (including phenoxy) is 3. The molecule has 0 aliphatic carbocycles. The lowest BCUT2D eigenvalue weighted by Gasteiger charge is -2.49. The molecule has 2 fully saturated rings. The molecule has 1 unspecified atom stereocenters. The summed E-state index contributed by atoms with van der Waals surface area (Å²) in [6.45, 7) is 0.383. The van der Waals surface area contributed by atoms with E-state index in [2.05, 4.69) is 6.58 Å². The van der Waals surface area contributed by atoms with Gasteiger partial charge >= 0.3 is 0 Å². The van der Waals surface area contributed by atoms with Gasteiger partial charge < -0.3 is 55.1 Å². The highest BCUT2D eigenvalue weighted by atomic mass is 16.8. The lowest BCUT2D eigenvalue weighted by Crippen LogP contribution is -2.72. The molecule has 12 heteroatoms. The summed E-state index contributed by atoms with van der Waals surface area (Å²) in [5, 5.41) is 78.7. The molecule has 0 spiro atoms. The first-order valence-corrected chi connectivity index (χ1v) is 8.09. The fraction of sp³-hybridized carbons (Fsp3) is 0.800. The number of aliphatic hydroxyl groups is 8. The Bertz CT molecular complexity index is 555. The number of carbonyl (C=O) groups excluding carboxylic acids is 1. The van der Waals surface area contributed by atoms with Gasteiger partial charge in [-0.25, -0.2) is 0 Å². The maximum atomic E-state index is 12.5. The van der Waals surface area contributed by atoms with Crippen molar-refractivity contribution in [3.63, 3.8) is 0 Å². The summed E-state index contributed by atoms with van der Waals surface area (Å²) in [5.41, 5.74) is 0. The van der Waals surface area contributed by atoms with Crippen molar-refractivity contribution in [1.29, 1.82) is 0 Å². The number of hydrogen-bond donors (Lipinski definition) is 8. The molecule has 8 N–H and O–H groups in total. The first kappa shape index (κ1) is 22.3. The molecule has 2 saturated heterocycles. The highest BCUT2D eigenvalue weighted by molar-refractivity contribution is 5.96. The first-order valence-electron chi connectivity index (χ1n) is 8.09. The molecule has 2 aliphatic heterocycles. The Hall–Kier alpha value is -1.03. The van der Waals surface area contributed by atoms with Gasteiger partial charge in [-0.05, 0) is 6.08 Å². The van der Waals surface area contributed by atoms with Crippen LogP contribution < -0.4 is 0 Å². The third-order valence-corrected chi connectivity index (χ3v) is 4.71. The molecule has 0 aromatic carbocycles. The van der Waals surface area contributed by atoms with Crippen molar-refractivity contribution in [1.82, 2.24) is 0 Å². The monoisotopic (exact) mass is 396 g/mol. The minimum absolute atomic E-state index is 0.647. The van der Waals surface area contributed by atoms with Crippen LogP contribution >= 0.6 is 0 Å². The van der Waals surface area contributed by atoms with Gasteiger partial charge in [0.1, 0.15) is 49.3 Å². The molecule has 2 rings (SSSR count). The Morgan fingerprint density at radius 3 is 1.93 bits per heavy atom. The summed E-state index contributed by atoms with van der Waals surface area (Å²) in [6.07, 6.45) is -12.2. The summed E-state index contributed by atoms with van der Waals surface area (Å²) in [4.78, 5) is 12.5. The van der Waals surface area contributed by atoms with Crippen LogP contribution in [0.3, 0.4) is 0 Å². The molecule has 0 aromatic heterocycles. The van der Waals surface area contributed by atoms with Crippen molar-refractivity contribution in [3.8, 4) is 0 Å². The van der Waals surface area contributed by atoms with E-state index >= 15 is 0 Å². The molecular formula is C15H24O12. The zero-order valence-corrected chi connectivity index (χ0v) is 14.2. The Morgan fingerprint density at radius 2 is 1.48 bits per heavy atom. The van der Waals surface area contributed by atoms with Gasteiger partial charge in [-0.1, -0.05) is 6.58 Å². The quantitative estimate of drug-likeness (QED) is 0.190. The zero-order chi connectivity index (χ0) is 20.6. The molecule has 156 valence electrons. The Labute approximate surface area is 153 Å². The molecule has 12 nitrogen and oxygen atoms in total. The number of aliphatic hydroxyl groups excluding tert-OH is 8. The van der Waals surface area contributed by atoms with Crippen molar-refractivity contribution in [2.24, 2.45) is 0 Å². The fourth-order valence-corrected chi connectivity index (χ4v) is 3.13. The second-order valence-corrected chi connectivity index (χ2v) is 6.35. The van der Waals surface area contributed by atoms with Crippen molar-refractivity contribution in [2.75, 3.05) is 19.8 Å². The minimum Gasteiger partial charge on any atom is -0.394 e. The average Bonchev–Trinajstić information content (AvgIpc) is 2.92. The third-order valence-electron chi connectivity index (χ3n) is 4.71. The van der Waals surface area contributed by atoms with Gasteiger partial charge in [0.2, 0.25) is 11.6 Å². The van der Waals surface area contributed by atoms with Crippen LogP contribution in [0.2, 0.25) is 0 Å². The molecule has 2 heterocycles. The molecule has 27 heavy (non-hydrogen) atoms. The second kappa shape index (κ2) is 8.14. The zero-order valence-electron chi connectivity index (χ0n) is 14.2. The summed E-state index contributed by atoms with van der Waals surface area (Å²) in [7, 11) is 0. The highest BCUT2D eigenvalue weighted by Gasteiger charge is 2.65. The molecule has 0 aromatic rings. The van der Waals surface area contributed by atoms with Crippen LogP contribution in [0, 0.1) is 0 Å². The number of hydrogen-bond acceptors (Lipinski definition) is 12. The standard InChI is InChI=1S/C15H24O12/c1-2-8(19)15(13(24)11(22)9(20)6(3-16)26-15)27-14(5-18)12(23)10(21)7(4-17)25-14/h2,6-7,9-13,16-18,20-24H,1,3-5H2/t6-,7-,9-,10-,11+,12+,13-,14?,15+/m1/s1. The summed E-state index contributed by atoms with van der Waals surface area (Å²) in [6, 6.07) is 0. The fourth-order valence-electron chi connectivity index (χ4n) is 3.13. The van der Waals surface area contributed by atoms with Crippen LogP contribution in [-0.2, 0) is 19.0 Å². The molecule has 0 saturated carbocycles. The maximum Gasteiger partial charge on any atom is 0.265 e. The number of ketones is 1. The van der Waals surface area contributed by atoms with E-state index in [1.165, 1.54) is 0 Å². The van der Waals surface area contributed by atoms with E-state index in [0.29, 0.717) is 6.08 Å². The predicted molar refractivity (Wildman–Crippen MR) is 82.8 cm³/mol. The SMILES string of the molecule is C=CC(=O)[C@@]1(OC2(CO)O[C@H](CO)[C@@H](O)[C@@H]2O)O[C@H](CO)[C@@H](O)[C@H](O)[C@H]1O. The largest absolute Gasteiger partial charge is 0.394 e. The van der Waals surface area contributed by atoms with Gasteiger partial charge in [0, 0.05) is 0 Å². The summed E-state index contributed by atoms with van der Waals surface area (Å²) < 4.78 is 15.7. The van der Waals surface area contributed by atoms with Crippen molar-refractivity contribution >= 4 is 5.78 Å². The predicted octanol–water partition coefficient (Wildman–Crippen LogP) is -5.27. The van der Waals surface area contributed by atoms with Crippen molar-refractivity contribution in [2.45, 2.75) is 54.3 Å². The van der Waals surface area contributed by atoms with Crippen LogP contribution in [-0.4, -0.2) is 121 Å². The van der Waals surface area contributed by atoms with Gasteiger partial charge in [0.05, 0.1) is 13.2 Å². The normalized spacial score (nSPS) is 47.8. The van der Waals surface area contributed by atoms with Crippen LogP contribution in [0.15, 0.2) is 12.7 Å². The van der Waals surface area contributed by atoms with E-state index in [9.17, 15) is 45.6 Å². The topological polar surface area (TPSA) is 207 Å². The van der Waals surface area contributed by atoms with Gasteiger partial charge in [-0.3, -0.25) is 4.79 Å². The van der Waals surface area contributed by atoms with E-state index in [0.717, 1.165) is 0 Å². The van der Waals surface area contributed by atoms with E-state index < -0.39 is 79.9 Å². The average molecular weight is 396 g/mol. The van der Waals surface area contributed by atoms with Crippen LogP contribution in [0.1, 0.15) is 0 Å². The molecule has 0 amide bonds. The van der Waals surface area contributed by atoms with E-state index in [1.807, 2.05) is 0 Å². The van der Waals surface area contributed by atoms with E-state index in [4.69, 9.17) is 14.2 Å². The lowest BCUT2D eigenvalue weighted by atomic mass is 9.89. The molecule has 2 aliphatic rings. The summed E-state index contributed by atoms with van der Waals surface area (Å²) >= 11 is 0. The number of carbonyl (C=O) groups is 1. The third kappa shape index (κ3) is 3.43. The Morgan fingerprint density at radius 1 is 0.926 bits per heavy atom. The van der Waals surface area contributed by atoms with Crippen LogP contribution in [0.5, 0.6) is 0 Å². The Kier molecular flexibility index (Phi) is 6.72. The molecule has 0 bridgehead atoms. The van der Waals surface area contributed by atoms with Gasteiger partial charge in [-0.15, -0.1) is 0 Å². The summed E-state index contributed by atoms with van der Waals surface area (Å²) in [5.74, 6) is -6.60. The maximum absolute atomic E-state index is 12.5. The first-order chi connectivity index (χ1) is 12.6. The number of rotatable bonds is 7. The van der Waals surface area contributed by atoms with E-state index in [-0.39, 0.29) is 0 Å². The highest BCUT2D eigenvalue weighted by Crippen LogP contribution is 2.41. The molecule has 9 atom stereocenters. The van der Waals surface area contributed by atoms with Gasteiger partial charge in [-0.2, -0.15) is 0 Å². The van der Waals surface area contributed by atoms with Crippen molar-refractivity contribution < 1.29 is 59.9 Å². The minimum atomic E-state index is -2.86. The second-order valence-electron chi connectivity index (χ2n) is 6.35. The van der Waals surface area contributed by atoms with Gasteiger partial charge in [0.15, 0.2) is 0 Å². The molecular weight excluding hydrogens is 372 g/mol. The Balaban J connectivity index is 2.50. The smallest absolute Gasteiger partial charge is 0.265 e. The van der Waals surface area contributed by atoms with Crippen LogP contribution in [0.4, 0.5) is 0 Å². The molecule has 0 radical (unpaired) electrons. The van der Waals surface area contributed by atoms with Gasteiger partial charge in [0.25, 0.3) is 5.79 Å². The van der Waals surface area contributed by atoms with E-state index in [1.54, 1.807) is 0 Å². The van der Waals surface area contributed by atoms with Crippen LogP contribution in [0.25, 0.3) is 0 Å². The van der Waals surface area contributed by atoms with Crippen molar-refractivity contribution in [3.05, 3.63) is 12.7 Å².